The van der Waals surface area contributed by atoms with Gasteiger partial charge in [-0.25, -0.2) is 0 Å². The second-order valence-corrected chi connectivity index (χ2v) is 13.9. The Hall–Kier alpha value is -6.24. The quantitative estimate of drug-likeness (QED) is 0.161. The maximum Gasteiger partial charge on any atom is 0.0725 e. The predicted molar refractivity (Wildman–Crippen MR) is 205 cm³/mol. The maximum absolute atomic E-state index is 2.58. The van der Waals surface area contributed by atoms with Crippen LogP contribution < -0.4 is 0 Å². The summed E-state index contributed by atoms with van der Waals surface area (Å²) in [4.78, 5) is 0. The van der Waals surface area contributed by atoms with Crippen molar-refractivity contribution >= 4 is 32.3 Å². The van der Waals surface area contributed by atoms with Gasteiger partial charge in [0.15, 0.2) is 0 Å². The minimum atomic E-state index is -0.366. The molecule has 9 aromatic rings. The Bertz CT molecular complexity index is 2890. The first-order valence-electron chi connectivity index (χ1n) is 17.3. The van der Waals surface area contributed by atoms with E-state index in [9.17, 15) is 0 Å². The van der Waals surface area contributed by atoms with E-state index in [1.165, 1.54) is 110 Å². The second-order valence-electron chi connectivity index (χ2n) is 13.9. The molecule has 0 N–H and O–H groups in total. The molecule has 0 bridgehead atoms. The van der Waals surface area contributed by atoms with E-state index < -0.39 is 0 Å². The van der Waals surface area contributed by atoms with Crippen LogP contribution in [0.1, 0.15) is 22.3 Å². The third-order valence-corrected chi connectivity index (χ3v) is 11.8. The molecule has 0 fully saturated rings. The zero-order valence-corrected chi connectivity index (χ0v) is 26.7. The molecule has 0 unspecified atom stereocenters. The second kappa shape index (κ2) is 9.01. The number of fused-ring (bicyclic) bond motifs is 17. The molecule has 3 aliphatic rings. The molecule has 0 radical (unpaired) electrons. The van der Waals surface area contributed by atoms with Gasteiger partial charge in [-0.1, -0.05) is 152 Å². The highest BCUT2D eigenvalue weighted by Gasteiger charge is 2.52. The molecule has 9 aromatic carbocycles. The van der Waals surface area contributed by atoms with E-state index in [1.807, 2.05) is 0 Å². The average Bonchev–Trinajstić information content (AvgIpc) is 3.77. The van der Waals surface area contributed by atoms with Crippen molar-refractivity contribution in [3.63, 3.8) is 0 Å². The minimum absolute atomic E-state index is 0.366. The molecule has 0 heterocycles. The van der Waals surface area contributed by atoms with Crippen molar-refractivity contribution in [3.05, 3.63) is 192 Å². The van der Waals surface area contributed by atoms with Gasteiger partial charge in [0, 0.05) is 0 Å². The monoisotopic (exact) mass is 616 g/mol. The Kier molecular flexibility index (Phi) is 4.74. The van der Waals surface area contributed by atoms with Gasteiger partial charge in [0.05, 0.1) is 5.41 Å². The van der Waals surface area contributed by atoms with Crippen LogP contribution in [0.5, 0.6) is 0 Å². The highest BCUT2D eigenvalue weighted by Crippen LogP contribution is 2.65. The maximum atomic E-state index is 2.58. The van der Waals surface area contributed by atoms with Gasteiger partial charge in [0.1, 0.15) is 0 Å². The summed E-state index contributed by atoms with van der Waals surface area (Å²) in [7, 11) is 0. The number of hydrogen-bond acceptors (Lipinski definition) is 0. The summed E-state index contributed by atoms with van der Waals surface area (Å²) in [5, 5.41) is 7.91. The van der Waals surface area contributed by atoms with Gasteiger partial charge in [0.2, 0.25) is 0 Å². The molecule has 0 saturated heterocycles. The SMILES string of the molecule is c1ccc2c(c1)-c1ccccc1C21c2ccccc2-c2c1cc1c3c(cccc23)-c2ccc(-c3cc4ccccc4c4ccccc34)cc2-1. The van der Waals surface area contributed by atoms with Crippen molar-refractivity contribution in [2.45, 2.75) is 5.41 Å². The molecule has 0 heteroatoms. The Balaban J connectivity index is 1.19. The molecule has 0 aromatic heterocycles. The van der Waals surface area contributed by atoms with E-state index in [1.54, 1.807) is 0 Å². The van der Waals surface area contributed by atoms with E-state index in [0.717, 1.165) is 0 Å². The Morgan fingerprint density at radius 2 is 0.878 bits per heavy atom. The molecular formula is C49H28. The summed E-state index contributed by atoms with van der Waals surface area (Å²) in [5.74, 6) is 0. The van der Waals surface area contributed by atoms with Gasteiger partial charge in [-0.05, 0) is 128 Å². The van der Waals surface area contributed by atoms with Crippen LogP contribution in [-0.2, 0) is 5.41 Å². The first-order valence-corrected chi connectivity index (χ1v) is 17.3. The van der Waals surface area contributed by atoms with Crippen molar-refractivity contribution in [1.29, 1.82) is 0 Å². The van der Waals surface area contributed by atoms with Crippen molar-refractivity contribution in [1.82, 2.24) is 0 Å². The molecule has 224 valence electrons. The van der Waals surface area contributed by atoms with Crippen molar-refractivity contribution in [2.24, 2.45) is 0 Å². The first-order chi connectivity index (χ1) is 24.3. The lowest BCUT2D eigenvalue weighted by atomic mass is 9.70. The summed E-state index contributed by atoms with van der Waals surface area (Å²) in [6.45, 7) is 0. The lowest BCUT2D eigenvalue weighted by Crippen LogP contribution is -2.25. The van der Waals surface area contributed by atoms with Crippen molar-refractivity contribution in [2.75, 3.05) is 0 Å². The van der Waals surface area contributed by atoms with Crippen molar-refractivity contribution < 1.29 is 0 Å². The third kappa shape index (κ3) is 3.02. The third-order valence-electron chi connectivity index (χ3n) is 11.8. The van der Waals surface area contributed by atoms with Gasteiger partial charge in [-0.2, -0.15) is 0 Å². The van der Waals surface area contributed by atoms with E-state index >= 15 is 0 Å². The van der Waals surface area contributed by atoms with Crippen LogP contribution in [0.25, 0.3) is 88.0 Å². The van der Waals surface area contributed by atoms with Crippen LogP contribution in [0.15, 0.2) is 170 Å². The normalized spacial score (nSPS) is 13.9. The predicted octanol–water partition coefficient (Wildman–Crippen LogP) is 12.8. The van der Waals surface area contributed by atoms with Crippen LogP contribution >= 0.6 is 0 Å². The highest BCUT2D eigenvalue weighted by molar-refractivity contribution is 6.22. The summed E-state index contributed by atoms with van der Waals surface area (Å²) < 4.78 is 0. The zero-order chi connectivity index (χ0) is 31.8. The highest BCUT2D eigenvalue weighted by atomic mass is 14.5. The fourth-order valence-corrected chi connectivity index (χ4v) is 9.96. The Morgan fingerprint density at radius 1 is 0.286 bits per heavy atom. The zero-order valence-electron chi connectivity index (χ0n) is 26.7. The van der Waals surface area contributed by atoms with Gasteiger partial charge in [-0.3, -0.25) is 0 Å². The Morgan fingerprint density at radius 3 is 1.65 bits per heavy atom. The van der Waals surface area contributed by atoms with Crippen LogP contribution in [0, 0.1) is 0 Å². The van der Waals surface area contributed by atoms with E-state index in [0.29, 0.717) is 0 Å². The van der Waals surface area contributed by atoms with E-state index in [-0.39, 0.29) is 5.41 Å². The molecule has 12 rings (SSSR count). The molecule has 0 aliphatic heterocycles. The van der Waals surface area contributed by atoms with Crippen molar-refractivity contribution in [3.8, 4) is 55.6 Å². The molecule has 1 spiro atoms. The van der Waals surface area contributed by atoms with E-state index in [4.69, 9.17) is 0 Å². The van der Waals surface area contributed by atoms with Gasteiger partial charge >= 0.3 is 0 Å². The topological polar surface area (TPSA) is 0 Å². The summed E-state index contributed by atoms with van der Waals surface area (Å²) >= 11 is 0. The van der Waals surface area contributed by atoms with Crippen LogP contribution in [0.2, 0.25) is 0 Å². The average molecular weight is 617 g/mol. The molecule has 49 heavy (non-hydrogen) atoms. The number of benzene rings is 9. The van der Waals surface area contributed by atoms with E-state index in [2.05, 4.69) is 170 Å². The number of rotatable bonds is 1. The van der Waals surface area contributed by atoms with Gasteiger partial charge < -0.3 is 0 Å². The van der Waals surface area contributed by atoms with Gasteiger partial charge in [0.25, 0.3) is 0 Å². The van der Waals surface area contributed by atoms with Crippen LogP contribution in [-0.4, -0.2) is 0 Å². The van der Waals surface area contributed by atoms with Gasteiger partial charge in [-0.15, -0.1) is 0 Å². The summed E-state index contributed by atoms with van der Waals surface area (Å²) in [6.07, 6.45) is 0. The molecule has 0 atom stereocenters. The molecule has 3 aliphatic carbocycles. The molecule has 0 nitrogen and oxygen atoms in total. The molecular weight excluding hydrogens is 589 g/mol. The lowest BCUT2D eigenvalue weighted by Gasteiger charge is -2.30. The summed E-state index contributed by atoms with van der Waals surface area (Å²) in [6, 6.07) is 64.2. The van der Waals surface area contributed by atoms with Crippen LogP contribution in [0.3, 0.4) is 0 Å². The lowest BCUT2D eigenvalue weighted by molar-refractivity contribution is 0.795. The molecule has 0 amide bonds. The fraction of sp³-hybridized carbons (Fsp3) is 0.0204. The number of hydrogen-bond donors (Lipinski definition) is 0. The minimum Gasteiger partial charge on any atom is -0.0619 e. The largest absolute Gasteiger partial charge is 0.0725 e. The Labute approximate surface area is 284 Å². The first kappa shape index (κ1) is 25.8. The smallest absolute Gasteiger partial charge is 0.0619 e. The summed E-state index contributed by atoms with van der Waals surface area (Å²) in [5.41, 5.74) is 18.5. The fourth-order valence-electron chi connectivity index (χ4n) is 9.96. The molecule has 0 saturated carbocycles. The van der Waals surface area contributed by atoms with Crippen LogP contribution in [0.4, 0.5) is 0 Å². The standard InChI is InChI=1S/C49H28/c1-2-13-31-29(12-1)26-40(33-15-4-3-14-32(31)33)30-24-25-34-37-19-11-20-39-47(37)42(41(34)27-30)28-46-48(39)38-18-7-10-23-45(38)49(46)43-21-8-5-16-35(43)36-17-6-9-22-44(36)49/h1-28H.